The van der Waals surface area contributed by atoms with Gasteiger partial charge in [0.1, 0.15) is 0 Å². The highest BCUT2D eigenvalue weighted by molar-refractivity contribution is 7.22. The second kappa shape index (κ2) is 6.15. The first-order valence-electron chi connectivity index (χ1n) is 8.18. The van der Waals surface area contributed by atoms with Gasteiger partial charge in [-0.3, -0.25) is 0 Å². The van der Waals surface area contributed by atoms with Gasteiger partial charge in [-0.25, -0.2) is 0 Å². The molecule has 0 aliphatic rings. The molecule has 0 saturated heterocycles. The van der Waals surface area contributed by atoms with Crippen molar-refractivity contribution in [1.82, 2.24) is 4.98 Å². The van der Waals surface area contributed by atoms with Crippen molar-refractivity contribution in [3.8, 4) is 21.8 Å². The molecule has 4 aromatic rings. The number of aromatic amines is 1. The van der Waals surface area contributed by atoms with Gasteiger partial charge in [-0.2, -0.15) is 0 Å². The molecule has 0 radical (unpaired) electrons. The van der Waals surface area contributed by atoms with Gasteiger partial charge in [0.25, 0.3) is 0 Å². The minimum Gasteiger partial charge on any atom is -0.364 e. The molecule has 4 heteroatoms. The number of aliphatic hydroxyl groups is 2. The smallest absolute Gasteiger partial charge is 0.178 e. The maximum atomic E-state index is 9.20. The molecule has 3 N–H and O–H groups in total. The van der Waals surface area contributed by atoms with E-state index in [1.54, 1.807) is 12.1 Å². The summed E-state index contributed by atoms with van der Waals surface area (Å²) in [6, 6.07) is 18.0. The molecule has 0 bridgehead atoms. The minimum atomic E-state index is -1.43. The van der Waals surface area contributed by atoms with Crippen LogP contribution in [-0.4, -0.2) is 15.2 Å². The van der Waals surface area contributed by atoms with Crippen molar-refractivity contribution in [2.75, 3.05) is 0 Å². The van der Waals surface area contributed by atoms with E-state index in [-0.39, 0.29) is 0 Å². The molecule has 4 rings (SSSR count). The van der Waals surface area contributed by atoms with Crippen LogP contribution in [0.15, 0.2) is 54.6 Å². The van der Waals surface area contributed by atoms with Crippen LogP contribution in [0.2, 0.25) is 0 Å². The lowest BCUT2D eigenvalue weighted by atomic mass is 10.1. The van der Waals surface area contributed by atoms with Crippen molar-refractivity contribution in [2.24, 2.45) is 0 Å². The number of aryl methyl sites for hydroxylation is 2. The standard InChI is InChI=1S/C21H19NO2S/c1-12-3-4-13(2)20-16(12)11-19(25-20)18-10-9-17(22-18)14-5-7-15(8-6-14)21(23)24/h3-11,21-24H,1-2H3. The van der Waals surface area contributed by atoms with Crippen LogP contribution in [0.3, 0.4) is 0 Å². The summed E-state index contributed by atoms with van der Waals surface area (Å²) < 4.78 is 1.34. The lowest BCUT2D eigenvalue weighted by molar-refractivity contribution is -0.0424. The van der Waals surface area contributed by atoms with E-state index in [4.69, 9.17) is 0 Å². The van der Waals surface area contributed by atoms with Gasteiger partial charge < -0.3 is 15.2 Å². The molecule has 0 amide bonds. The molecule has 2 aromatic carbocycles. The van der Waals surface area contributed by atoms with Gasteiger partial charge in [0.05, 0.1) is 10.6 Å². The number of hydrogen-bond acceptors (Lipinski definition) is 3. The Labute approximate surface area is 150 Å². The Morgan fingerprint density at radius 2 is 1.52 bits per heavy atom. The SMILES string of the molecule is Cc1ccc(C)c2sc(-c3ccc(-c4ccc(C(O)O)cc4)[nH]3)cc12. The van der Waals surface area contributed by atoms with E-state index in [0.29, 0.717) is 5.56 Å². The van der Waals surface area contributed by atoms with Crippen LogP contribution >= 0.6 is 11.3 Å². The van der Waals surface area contributed by atoms with E-state index >= 15 is 0 Å². The van der Waals surface area contributed by atoms with Gasteiger partial charge >= 0.3 is 0 Å². The molecule has 0 saturated carbocycles. The Morgan fingerprint density at radius 1 is 0.840 bits per heavy atom. The Balaban J connectivity index is 1.72. The van der Waals surface area contributed by atoms with E-state index in [0.717, 1.165) is 17.0 Å². The van der Waals surface area contributed by atoms with Gasteiger partial charge in [0.15, 0.2) is 6.29 Å². The Morgan fingerprint density at radius 3 is 2.20 bits per heavy atom. The molecule has 2 aromatic heterocycles. The normalized spacial score (nSPS) is 11.6. The van der Waals surface area contributed by atoms with E-state index < -0.39 is 6.29 Å². The first-order chi connectivity index (χ1) is 12.0. The van der Waals surface area contributed by atoms with Gasteiger partial charge in [-0.1, -0.05) is 36.4 Å². The van der Waals surface area contributed by atoms with Crippen LogP contribution in [0.4, 0.5) is 0 Å². The Hall–Kier alpha value is -2.40. The number of hydrogen-bond donors (Lipinski definition) is 3. The maximum Gasteiger partial charge on any atom is 0.178 e. The summed E-state index contributed by atoms with van der Waals surface area (Å²) in [6.45, 7) is 4.30. The van der Waals surface area contributed by atoms with Crippen molar-refractivity contribution in [3.63, 3.8) is 0 Å². The number of nitrogens with one attached hydrogen (secondary N) is 1. The van der Waals surface area contributed by atoms with E-state index in [9.17, 15) is 10.2 Å². The van der Waals surface area contributed by atoms with Crippen molar-refractivity contribution >= 4 is 21.4 Å². The average molecular weight is 349 g/mol. The molecular formula is C21H19NO2S. The highest BCUT2D eigenvalue weighted by Gasteiger charge is 2.11. The van der Waals surface area contributed by atoms with Crippen molar-refractivity contribution in [3.05, 3.63) is 71.3 Å². The predicted octanol–water partition coefficient (Wildman–Crippen LogP) is 5.16. The summed E-state index contributed by atoms with van der Waals surface area (Å²) in [5.41, 5.74) is 6.23. The second-order valence-electron chi connectivity index (χ2n) is 6.33. The highest BCUT2D eigenvalue weighted by atomic mass is 32.1. The predicted molar refractivity (Wildman–Crippen MR) is 104 cm³/mol. The zero-order chi connectivity index (χ0) is 17.6. The number of rotatable bonds is 3. The highest BCUT2D eigenvalue weighted by Crippen LogP contribution is 2.37. The average Bonchev–Trinajstić information content (AvgIpc) is 3.26. The van der Waals surface area contributed by atoms with Crippen LogP contribution in [0.25, 0.3) is 31.9 Å². The molecule has 3 nitrogen and oxygen atoms in total. The minimum absolute atomic E-state index is 0.492. The monoisotopic (exact) mass is 349 g/mol. The fourth-order valence-corrected chi connectivity index (χ4v) is 4.25. The number of fused-ring (bicyclic) bond motifs is 1. The van der Waals surface area contributed by atoms with Crippen LogP contribution in [0.1, 0.15) is 23.0 Å². The van der Waals surface area contributed by atoms with Crippen LogP contribution in [0.5, 0.6) is 0 Å². The third-order valence-electron chi connectivity index (χ3n) is 4.57. The van der Waals surface area contributed by atoms with Gasteiger partial charge in [-0.05, 0) is 54.1 Å². The topological polar surface area (TPSA) is 56.2 Å². The second-order valence-corrected chi connectivity index (χ2v) is 7.39. The van der Waals surface area contributed by atoms with Gasteiger partial charge in [0, 0.05) is 16.0 Å². The summed E-state index contributed by atoms with van der Waals surface area (Å²) in [7, 11) is 0. The molecule has 0 aliphatic carbocycles. The van der Waals surface area contributed by atoms with Crippen LogP contribution in [-0.2, 0) is 0 Å². The zero-order valence-electron chi connectivity index (χ0n) is 14.1. The quantitative estimate of drug-likeness (QED) is 0.447. The maximum absolute atomic E-state index is 9.20. The molecule has 126 valence electrons. The Kier molecular flexibility index (Phi) is 3.96. The van der Waals surface area contributed by atoms with Crippen LogP contribution in [0, 0.1) is 13.8 Å². The first kappa shape index (κ1) is 16.1. The molecule has 0 unspecified atom stereocenters. The van der Waals surface area contributed by atoms with Crippen molar-refractivity contribution < 1.29 is 10.2 Å². The molecular weight excluding hydrogens is 330 g/mol. The number of aromatic nitrogens is 1. The molecule has 2 heterocycles. The number of aliphatic hydroxyl groups excluding tert-OH is 1. The fraction of sp³-hybridized carbons (Fsp3) is 0.143. The molecule has 0 fully saturated rings. The third-order valence-corrected chi connectivity index (χ3v) is 5.87. The summed E-state index contributed by atoms with van der Waals surface area (Å²) >= 11 is 1.81. The summed E-state index contributed by atoms with van der Waals surface area (Å²) in [4.78, 5) is 4.70. The van der Waals surface area contributed by atoms with Crippen molar-refractivity contribution in [2.45, 2.75) is 20.1 Å². The fourth-order valence-electron chi connectivity index (χ4n) is 3.07. The lowest BCUT2D eigenvalue weighted by Crippen LogP contribution is -1.93. The summed E-state index contributed by atoms with van der Waals surface area (Å²) in [5.74, 6) is 0. The largest absolute Gasteiger partial charge is 0.364 e. The number of thiophene rings is 1. The van der Waals surface area contributed by atoms with Crippen molar-refractivity contribution in [1.29, 1.82) is 0 Å². The lowest BCUT2D eigenvalue weighted by Gasteiger charge is -2.04. The summed E-state index contributed by atoms with van der Waals surface area (Å²) in [6.07, 6.45) is -1.43. The van der Waals surface area contributed by atoms with Gasteiger partial charge in [-0.15, -0.1) is 11.3 Å². The van der Waals surface area contributed by atoms with Crippen LogP contribution < -0.4 is 0 Å². The zero-order valence-corrected chi connectivity index (χ0v) is 14.9. The number of H-pyrrole nitrogens is 1. The molecule has 25 heavy (non-hydrogen) atoms. The molecule has 0 aliphatic heterocycles. The van der Waals surface area contributed by atoms with E-state index in [2.05, 4.69) is 49.2 Å². The van der Waals surface area contributed by atoms with E-state index in [1.807, 2.05) is 23.5 Å². The molecule has 0 spiro atoms. The van der Waals surface area contributed by atoms with E-state index in [1.165, 1.54) is 26.1 Å². The number of benzene rings is 2. The summed E-state index contributed by atoms with van der Waals surface area (Å²) in [5, 5.41) is 19.7. The van der Waals surface area contributed by atoms with Gasteiger partial charge in [0.2, 0.25) is 0 Å². The third kappa shape index (κ3) is 2.89. The molecule has 0 atom stereocenters. The Bertz CT molecular complexity index is 1000. The first-order valence-corrected chi connectivity index (χ1v) is 9.00.